The molecule has 7 heteroatoms. The molecule has 1 aliphatic rings. The molecule has 1 fully saturated rings. The van der Waals surface area contributed by atoms with Gasteiger partial charge in [-0.3, -0.25) is 4.79 Å². The molecule has 0 saturated carbocycles. The van der Waals surface area contributed by atoms with Gasteiger partial charge in [0, 0.05) is 19.6 Å². The van der Waals surface area contributed by atoms with Gasteiger partial charge < -0.3 is 24.7 Å². The molecule has 2 N–H and O–H groups in total. The standard InChI is InChI=1S/C13H24N2O5/c1-3-5-15(13(19)14(4-2)6-7-16)11-9-20-8-10(11)12(17)18/h10-11,16H,3-9H2,1-2H3,(H,17,18). The molecule has 0 spiro atoms. The van der Waals surface area contributed by atoms with E-state index in [1.165, 1.54) is 4.90 Å². The molecule has 1 heterocycles. The van der Waals surface area contributed by atoms with Crippen LogP contribution in [0.1, 0.15) is 20.3 Å². The van der Waals surface area contributed by atoms with Crippen molar-refractivity contribution in [1.29, 1.82) is 0 Å². The highest BCUT2D eigenvalue weighted by Gasteiger charge is 2.40. The molecule has 2 unspecified atom stereocenters. The number of hydrogen-bond donors (Lipinski definition) is 2. The highest BCUT2D eigenvalue weighted by molar-refractivity contribution is 5.77. The summed E-state index contributed by atoms with van der Waals surface area (Å²) in [5.41, 5.74) is 0. The molecule has 20 heavy (non-hydrogen) atoms. The molecule has 0 aliphatic carbocycles. The third-order valence-electron chi connectivity index (χ3n) is 3.50. The maximum absolute atomic E-state index is 12.5. The van der Waals surface area contributed by atoms with E-state index in [1.807, 2.05) is 13.8 Å². The zero-order valence-corrected chi connectivity index (χ0v) is 12.1. The number of carbonyl (C=O) groups excluding carboxylic acids is 1. The second kappa shape index (κ2) is 8.06. The number of carbonyl (C=O) groups is 2. The monoisotopic (exact) mass is 288 g/mol. The molecule has 0 bridgehead atoms. The minimum atomic E-state index is -0.938. The number of carboxylic acid groups (broad SMARTS) is 1. The minimum Gasteiger partial charge on any atom is -0.481 e. The van der Waals surface area contributed by atoms with Crippen molar-refractivity contribution in [3.05, 3.63) is 0 Å². The van der Waals surface area contributed by atoms with E-state index in [-0.39, 0.29) is 32.4 Å². The number of carboxylic acids is 1. The van der Waals surface area contributed by atoms with Crippen LogP contribution in [0.3, 0.4) is 0 Å². The lowest BCUT2D eigenvalue weighted by molar-refractivity contribution is -0.142. The van der Waals surface area contributed by atoms with E-state index < -0.39 is 17.9 Å². The Kier molecular flexibility index (Phi) is 6.74. The lowest BCUT2D eigenvalue weighted by Gasteiger charge is -2.34. The maximum atomic E-state index is 12.5. The van der Waals surface area contributed by atoms with Crippen LogP contribution in [0.5, 0.6) is 0 Å². The summed E-state index contributed by atoms with van der Waals surface area (Å²) in [4.78, 5) is 26.8. The average molecular weight is 288 g/mol. The van der Waals surface area contributed by atoms with Crippen LogP contribution in [-0.4, -0.2) is 77.5 Å². The first-order chi connectivity index (χ1) is 9.56. The Hall–Kier alpha value is -1.34. The third-order valence-corrected chi connectivity index (χ3v) is 3.50. The van der Waals surface area contributed by atoms with Gasteiger partial charge in [0.2, 0.25) is 0 Å². The lowest BCUT2D eigenvalue weighted by Crippen LogP contribution is -2.52. The Labute approximate surface area is 119 Å². The topological polar surface area (TPSA) is 90.3 Å². The van der Waals surface area contributed by atoms with Crippen molar-refractivity contribution in [2.75, 3.05) is 39.5 Å². The normalized spacial score (nSPS) is 21.8. The molecule has 0 aromatic carbocycles. The van der Waals surface area contributed by atoms with Gasteiger partial charge in [-0.2, -0.15) is 0 Å². The van der Waals surface area contributed by atoms with Gasteiger partial charge >= 0.3 is 12.0 Å². The highest BCUT2D eigenvalue weighted by atomic mass is 16.5. The smallest absolute Gasteiger partial charge is 0.320 e. The summed E-state index contributed by atoms with van der Waals surface area (Å²) in [5, 5.41) is 18.2. The van der Waals surface area contributed by atoms with Crippen molar-refractivity contribution in [1.82, 2.24) is 9.80 Å². The molecule has 116 valence electrons. The van der Waals surface area contributed by atoms with Gasteiger partial charge in [-0.25, -0.2) is 4.79 Å². The van der Waals surface area contributed by atoms with E-state index >= 15 is 0 Å². The number of hydrogen-bond acceptors (Lipinski definition) is 4. The molecular weight excluding hydrogens is 264 g/mol. The molecule has 0 aromatic heterocycles. The first-order valence-electron chi connectivity index (χ1n) is 7.03. The minimum absolute atomic E-state index is 0.108. The van der Waals surface area contributed by atoms with Crippen LogP contribution < -0.4 is 0 Å². The molecule has 1 rings (SSSR count). The van der Waals surface area contributed by atoms with E-state index in [0.717, 1.165) is 6.42 Å². The second-order valence-corrected chi connectivity index (χ2v) is 4.83. The summed E-state index contributed by atoms with van der Waals surface area (Å²) in [6, 6.07) is -0.669. The number of urea groups is 1. The zero-order valence-electron chi connectivity index (χ0n) is 12.1. The van der Waals surface area contributed by atoms with Crippen LogP contribution in [-0.2, 0) is 9.53 Å². The quantitative estimate of drug-likeness (QED) is 0.700. The van der Waals surface area contributed by atoms with Crippen LogP contribution in [0, 0.1) is 5.92 Å². The van der Waals surface area contributed by atoms with Crippen molar-refractivity contribution in [3.8, 4) is 0 Å². The van der Waals surface area contributed by atoms with Crippen molar-refractivity contribution >= 4 is 12.0 Å². The summed E-state index contributed by atoms with van der Waals surface area (Å²) in [7, 11) is 0. The fraction of sp³-hybridized carbons (Fsp3) is 0.846. The van der Waals surface area contributed by atoms with Crippen LogP contribution >= 0.6 is 0 Å². The van der Waals surface area contributed by atoms with E-state index in [9.17, 15) is 14.7 Å². The predicted molar refractivity (Wildman–Crippen MR) is 72.5 cm³/mol. The van der Waals surface area contributed by atoms with Crippen LogP contribution in [0.25, 0.3) is 0 Å². The number of ether oxygens (including phenoxy) is 1. The van der Waals surface area contributed by atoms with E-state index in [2.05, 4.69) is 0 Å². The first kappa shape index (κ1) is 16.7. The largest absolute Gasteiger partial charge is 0.481 e. The van der Waals surface area contributed by atoms with Crippen molar-refractivity contribution in [3.63, 3.8) is 0 Å². The SMILES string of the molecule is CCCN(C(=O)N(CC)CCO)C1COCC1C(=O)O. The van der Waals surface area contributed by atoms with Gasteiger partial charge in [0.25, 0.3) is 0 Å². The van der Waals surface area contributed by atoms with Crippen LogP contribution in [0.2, 0.25) is 0 Å². The van der Waals surface area contributed by atoms with Crippen LogP contribution in [0.15, 0.2) is 0 Å². The molecule has 0 radical (unpaired) electrons. The number of nitrogens with zero attached hydrogens (tertiary/aromatic N) is 2. The number of rotatable bonds is 7. The zero-order chi connectivity index (χ0) is 15.1. The number of aliphatic hydroxyl groups excluding tert-OH is 1. The summed E-state index contributed by atoms with van der Waals surface area (Å²) < 4.78 is 5.24. The Morgan fingerprint density at radius 3 is 2.45 bits per heavy atom. The summed E-state index contributed by atoms with van der Waals surface area (Å²) in [6.45, 7) is 5.26. The maximum Gasteiger partial charge on any atom is 0.320 e. The van der Waals surface area contributed by atoms with Gasteiger partial charge in [0.15, 0.2) is 0 Å². The van der Waals surface area contributed by atoms with E-state index in [1.54, 1.807) is 4.90 Å². The van der Waals surface area contributed by atoms with Crippen LogP contribution in [0.4, 0.5) is 4.79 Å². The summed E-state index contributed by atoms with van der Waals surface area (Å²) in [5.74, 6) is -1.62. The summed E-state index contributed by atoms with van der Waals surface area (Å²) in [6.07, 6.45) is 0.741. The predicted octanol–water partition coefficient (Wildman–Crippen LogP) is 0.232. The number of likely N-dealkylation sites (N-methyl/N-ethyl adjacent to an activating group) is 1. The van der Waals surface area contributed by atoms with E-state index in [0.29, 0.717) is 13.1 Å². The van der Waals surface area contributed by atoms with Crippen molar-refractivity contribution in [2.24, 2.45) is 5.92 Å². The molecule has 0 aromatic rings. The molecule has 1 saturated heterocycles. The van der Waals surface area contributed by atoms with Crippen molar-refractivity contribution < 1.29 is 24.5 Å². The van der Waals surface area contributed by atoms with Gasteiger partial charge in [0.05, 0.1) is 25.9 Å². The van der Waals surface area contributed by atoms with Crippen molar-refractivity contribution in [2.45, 2.75) is 26.3 Å². The molecule has 1 aliphatic heterocycles. The van der Waals surface area contributed by atoms with Gasteiger partial charge in [-0.15, -0.1) is 0 Å². The molecular formula is C13H24N2O5. The third kappa shape index (κ3) is 3.83. The summed E-state index contributed by atoms with van der Waals surface area (Å²) >= 11 is 0. The number of aliphatic hydroxyl groups is 1. The molecule has 7 nitrogen and oxygen atoms in total. The highest BCUT2D eigenvalue weighted by Crippen LogP contribution is 2.21. The Balaban J connectivity index is 2.86. The lowest BCUT2D eigenvalue weighted by atomic mass is 10.0. The number of aliphatic carboxylic acids is 1. The molecule has 2 atom stereocenters. The Morgan fingerprint density at radius 2 is 1.95 bits per heavy atom. The van der Waals surface area contributed by atoms with Gasteiger partial charge in [-0.1, -0.05) is 6.92 Å². The van der Waals surface area contributed by atoms with Gasteiger partial charge in [0.1, 0.15) is 5.92 Å². The fourth-order valence-corrected chi connectivity index (χ4v) is 2.42. The molecule has 2 amide bonds. The average Bonchev–Trinajstić information content (AvgIpc) is 2.90. The number of amides is 2. The first-order valence-corrected chi connectivity index (χ1v) is 7.03. The van der Waals surface area contributed by atoms with E-state index in [4.69, 9.17) is 9.84 Å². The second-order valence-electron chi connectivity index (χ2n) is 4.83. The van der Waals surface area contributed by atoms with Gasteiger partial charge in [-0.05, 0) is 13.3 Å². The Bertz CT molecular complexity index is 337. The fourth-order valence-electron chi connectivity index (χ4n) is 2.42. The Morgan fingerprint density at radius 1 is 1.25 bits per heavy atom.